The third-order valence-corrected chi connectivity index (χ3v) is 8.04. The van der Waals surface area contributed by atoms with E-state index in [-0.39, 0.29) is 30.6 Å². The number of hydrogen-bond acceptors (Lipinski definition) is 4. The van der Waals surface area contributed by atoms with E-state index in [1.54, 1.807) is 23.3 Å². The first-order valence-electron chi connectivity index (χ1n) is 12.2. The number of methoxy groups -OCH3 is 1. The lowest BCUT2D eigenvalue weighted by atomic mass is 9.93. The molecule has 1 aliphatic heterocycles. The molecular weight excluding hydrogens is 470 g/mol. The summed E-state index contributed by atoms with van der Waals surface area (Å²) in [6.07, 6.45) is 7.07. The number of thiophene rings is 1. The highest BCUT2D eigenvalue weighted by atomic mass is 35.5. The van der Waals surface area contributed by atoms with E-state index in [2.05, 4.69) is 16.8 Å². The van der Waals surface area contributed by atoms with Gasteiger partial charge in [0.25, 0.3) is 0 Å². The van der Waals surface area contributed by atoms with Crippen LogP contribution < -0.4 is 5.32 Å². The number of nitrogens with zero attached hydrogens (tertiary/aromatic N) is 2. The number of ether oxygens (including phenoxy) is 1. The van der Waals surface area contributed by atoms with E-state index in [4.69, 9.17) is 16.3 Å². The smallest absolute Gasteiger partial charge is 0.318 e. The summed E-state index contributed by atoms with van der Waals surface area (Å²) in [4.78, 5) is 31.7. The average molecular weight is 504 g/mol. The predicted octanol–water partition coefficient (Wildman–Crippen LogP) is 5.26. The Labute approximate surface area is 211 Å². The van der Waals surface area contributed by atoms with E-state index in [9.17, 15) is 9.59 Å². The summed E-state index contributed by atoms with van der Waals surface area (Å²) in [5, 5.41) is 5.94. The van der Waals surface area contributed by atoms with Gasteiger partial charge in [-0.3, -0.25) is 4.79 Å². The van der Waals surface area contributed by atoms with E-state index in [1.165, 1.54) is 16.9 Å². The van der Waals surface area contributed by atoms with Gasteiger partial charge in [0.05, 0.1) is 6.04 Å². The van der Waals surface area contributed by atoms with E-state index >= 15 is 0 Å². The second-order valence-electron chi connectivity index (χ2n) is 9.14. The molecule has 2 heterocycles. The number of carbonyl (C=O) groups excluding carboxylic acids is 2. The summed E-state index contributed by atoms with van der Waals surface area (Å²) >= 11 is 7.87. The Balaban J connectivity index is 1.51. The fourth-order valence-electron chi connectivity index (χ4n) is 5.01. The van der Waals surface area contributed by atoms with Gasteiger partial charge in [-0.15, -0.1) is 11.3 Å². The van der Waals surface area contributed by atoms with Crippen molar-refractivity contribution < 1.29 is 14.3 Å². The largest absolute Gasteiger partial charge is 0.385 e. The average Bonchev–Trinajstić information content (AvgIpc) is 3.33. The van der Waals surface area contributed by atoms with Crippen molar-refractivity contribution in [2.45, 2.75) is 57.0 Å². The zero-order valence-electron chi connectivity index (χ0n) is 19.8. The maximum absolute atomic E-state index is 13.7. The van der Waals surface area contributed by atoms with E-state index < -0.39 is 0 Å². The minimum absolute atomic E-state index is 0.0342. The Morgan fingerprint density at radius 1 is 1.18 bits per heavy atom. The van der Waals surface area contributed by atoms with Gasteiger partial charge in [-0.05, 0) is 60.4 Å². The molecule has 8 heteroatoms. The van der Waals surface area contributed by atoms with Crippen LogP contribution in [0.15, 0.2) is 35.7 Å². The minimum Gasteiger partial charge on any atom is -0.385 e. The molecule has 0 spiro atoms. The molecule has 1 N–H and O–H groups in total. The van der Waals surface area contributed by atoms with Gasteiger partial charge in [-0.1, -0.05) is 43.0 Å². The molecule has 0 unspecified atom stereocenters. The van der Waals surface area contributed by atoms with Crippen LogP contribution in [-0.2, 0) is 16.0 Å². The number of nitrogens with one attached hydrogen (secondary N) is 1. The highest BCUT2D eigenvalue weighted by molar-refractivity contribution is 7.10. The summed E-state index contributed by atoms with van der Waals surface area (Å²) in [7, 11) is 1.65. The minimum atomic E-state index is -0.165. The van der Waals surface area contributed by atoms with Crippen LogP contribution in [0, 0.1) is 0 Å². The molecule has 6 nitrogen and oxygen atoms in total. The molecule has 2 aliphatic rings. The number of amides is 3. The van der Waals surface area contributed by atoms with Crippen LogP contribution >= 0.6 is 22.9 Å². The van der Waals surface area contributed by atoms with Crippen molar-refractivity contribution in [3.63, 3.8) is 0 Å². The van der Waals surface area contributed by atoms with Crippen molar-refractivity contribution >= 4 is 34.9 Å². The lowest BCUT2D eigenvalue weighted by Crippen LogP contribution is -2.51. The standard InChI is InChI=1S/C26H34ClN3O3S/c1-33-16-5-14-29(26(32)28-21-6-3-2-4-7-21)18-24(31)30-15-12-23-22(13-17-34-23)25(30)19-8-10-20(27)11-9-19/h8-11,13,17,21,25H,2-7,12,14-16,18H2,1H3,(H,28,32)/t25-/m1/s1. The molecule has 1 fully saturated rings. The molecule has 1 aromatic heterocycles. The lowest BCUT2D eigenvalue weighted by molar-refractivity contribution is -0.134. The van der Waals surface area contributed by atoms with Crippen LogP contribution in [-0.4, -0.2) is 61.1 Å². The van der Waals surface area contributed by atoms with Crippen LogP contribution in [0.25, 0.3) is 0 Å². The molecule has 3 amide bonds. The molecule has 1 aliphatic carbocycles. The second kappa shape index (κ2) is 12.0. The molecule has 1 saturated carbocycles. The number of halogens is 1. The van der Waals surface area contributed by atoms with Crippen LogP contribution in [0.5, 0.6) is 0 Å². The molecular formula is C26H34ClN3O3S. The van der Waals surface area contributed by atoms with Crippen molar-refractivity contribution in [2.24, 2.45) is 0 Å². The first-order valence-corrected chi connectivity index (χ1v) is 13.5. The quantitative estimate of drug-likeness (QED) is 0.500. The Kier molecular flexibility index (Phi) is 8.86. The van der Waals surface area contributed by atoms with Gasteiger partial charge in [-0.25, -0.2) is 4.79 Å². The molecule has 4 rings (SSSR count). The maximum Gasteiger partial charge on any atom is 0.318 e. The van der Waals surface area contributed by atoms with Gasteiger partial charge in [0.2, 0.25) is 5.91 Å². The van der Waals surface area contributed by atoms with Crippen LogP contribution in [0.4, 0.5) is 4.79 Å². The summed E-state index contributed by atoms with van der Waals surface area (Å²) in [5.41, 5.74) is 2.21. The van der Waals surface area contributed by atoms with Gasteiger partial charge >= 0.3 is 6.03 Å². The fourth-order valence-corrected chi connectivity index (χ4v) is 6.04. The monoisotopic (exact) mass is 503 g/mol. The normalized spacial score (nSPS) is 18.4. The zero-order chi connectivity index (χ0) is 23.9. The van der Waals surface area contributed by atoms with Gasteiger partial charge < -0.3 is 19.9 Å². The third kappa shape index (κ3) is 6.12. The van der Waals surface area contributed by atoms with Gasteiger partial charge in [-0.2, -0.15) is 0 Å². The van der Waals surface area contributed by atoms with E-state index in [0.29, 0.717) is 31.1 Å². The van der Waals surface area contributed by atoms with Crippen LogP contribution in [0.3, 0.4) is 0 Å². The molecule has 0 bridgehead atoms. The number of urea groups is 1. The Hall–Kier alpha value is -2.09. The Bertz CT molecular complexity index is 958. The van der Waals surface area contributed by atoms with Gasteiger partial charge in [0.1, 0.15) is 6.54 Å². The molecule has 0 radical (unpaired) electrons. The number of fused-ring (bicyclic) bond motifs is 1. The van der Waals surface area contributed by atoms with Crippen molar-refractivity contribution in [1.29, 1.82) is 0 Å². The zero-order valence-corrected chi connectivity index (χ0v) is 21.4. The van der Waals surface area contributed by atoms with Crippen molar-refractivity contribution in [3.05, 3.63) is 56.7 Å². The van der Waals surface area contributed by atoms with Crippen LogP contribution in [0.2, 0.25) is 5.02 Å². The summed E-state index contributed by atoms with van der Waals surface area (Å²) in [5.74, 6) is -0.0342. The summed E-state index contributed by atoms with van der Waals surface area (Å²) < 4.78 is 5.19. The van der Waals surface area contributed by atoms with Gasteiger partial charge in [0, 0.05) is 42.7 Å². The highest BCUT2D eigenvalue weighted by Crippen LogP contribution is 2.38. The first kappa shape index (κ1) is 25.0. The first-order chi connectivity index (χ1) is 16.6. The lowest BCUT2D eigenvalue weighted by Gasteiger charge is -2.38. The number of benzene rings is 1. The van der Waals surface area contributed by atoms with E-state index in [1.807, 2.05) is 29.2 Å². The number of hydrogen-bond donors (Lipinski definition) is 1. The van der Waals surface area contributed by atoms with Crippen LogP contribution in [0.1, 0.15) is 60.6 Å². The Morgan fingerprint density at radius 2 is 1.94 bits per heavy atom. The van der Waals surface area contributed by atoms with Crippen molar-refractivity contribution in [3.8, 4) is 0 Å². The molecule has 2 aromatic rings. The van der Waals surface area contributed by atoms with Crippen molar-refractivity contribution in [1.82, 2.24) is 15.1 Å². The second-order valence-corrected chi connectivity index (χ2v) is 10.6. The summed E-state index contributed by atoms with van der Waals surface area (Å²) in [6.45, 7) is 1.74. The summed E-state index contributed by atoms with van der Waals surface area (Å²) in [6, 6.07) is 9.73. The molecule has 1 atom stereocenters. The van der Waals surface area contributed by atoms with Gasteiger partial charge in [0.15, 0.2) is 0 Å². The fraction of sp³-hybridized carbons (Fsp3) is 0.538. The van der Waals surface area contributed by atoms with E-state index in [0.717, 1.165) is 37.7 Å². The SMILES string of the molecule is COCCCN(CC(=O)N1CCc2sccc2[C@H]1c1ccc(Cl)cc1)C(=O)NC1CCCCC1. The Morgan fingerprint density at radius 3 is 2.68 bits per heavy atom. The maximum atomic E-state index is 13.7. The van der Waals surface area contributed by atoms with Crippen molar-refractivity contribution in [2.75, 3.05) is 33.4 Å². The third-order valence-electron chi connectivity index (χ3n) is 6.79. The predicted molar refractivity (Wildman–Crippen MR) is 137 cm³/mol. The topological polar surface area (TPSA) is 61.9 Å². The molecule has 0 saturated heterocycles. The molecule has 184 valence electrons. The molecule has 1 aromatic carbocycles. The molecule has 34 heavy (non-hydrogen) atoms. The number of carbonyl (C=O) groups is 2. The highest BCUT2D eigenvalue weighted by Gasteiger charge is 2.34. The number of rotatable bonds is 8.